The van der Waals surface area contributed by atoms with E-state index in [1.54, 1.807) is 18.2 Å². The van der Waals surface area contributed by atoms with Gasteiger partial charge in [0, 0.05) is 10.9 Å². The smallest absolute Gasteiger partial charge is 0.335 e. The predicted molar refractivity (Wildman–Crippen MR) is 104 cm³/mol. The van der Waals surface area contributed by atoms with Crippen molar-refractivity contribution in [3.63, 3.8) is 0 Å². The number of para-hydroxylation sites is 1. The van der Waals surface area contributed by atoms with Crippen LogP contribution in [0.25, 0.3) is 33.5 Å². The van der Waals surface area contributed by atoms with Gasteiger partial charge in [-0.3, -0.25) is 0 Å². The van der Waals surface area contributed by atoms with E-state index in [-0.39, 0.29) is 11.1 Å². The summed E-state index contributed by atoms with van der Waals surface area (Å²) >= 11 is 0. The third-order valence-electron chi connectivity index (χ3n) is 4.34. The standard InChI is InChI=1S/C22H14N2O4/c25-21(26)15-6-3-5-14(10-15)19-11-16(22(27)28)12-20(24-19)18-9-8-13-4-1-2-7-17(13)23-18/h1-12H,(H,25,26)(H,27,28). The summed E-state index contributed by atoms with van der Waals surface area (Å²) in [4.78, 5) is 32.0. The first-order chi connectivity index (χ1) is 13.5. The molecule has 6 heteroatoms. The number of aromatic nitrogens is 2. The number of rotatable bonds is 4. The van der Waals surface area contributed by atoms with Gasteiger partial charge in [0.15, 0.2) is 0 Å². The average Bonchev–Trinajstić information content (AvgIpc) is 2.73. The van der Waals surface area contributed by atoms with Gasteiger partial charge in [0.1, 0.15) is 0 Å². The second-order valence-corrected chi connectivity index (χ2v) is 6.21. The molecular formula is C22H14N2O4. The molecule has 0 spiro atoms. The molecule has 0 saturated heterocycles. The lowest BCUT2D eigenvalue weighted by Gasteiger charge is -2.08. The second-order valence-electron chi connectivity index (χ2n) is 6.21. The number of pyridine rings is 2. The lowest BCUT2D eigenvalue weighted by atomic mass is 10.0. The largest absolute Gasteiger partial charge is 0.478 e. The summed E-state index contributed by atoms with van der Waals surface area (Å²) < 4.78 is 0. The van der Waals surface area contributed by atoms with Crippen molar-refractivity contribution >= 4 is 22.8 Å². The lowest BCUT2D eigenvalue weighted by Crippen LogP contribution is -2.01. The molecule has 0 amide bonds. The summed E-state index contributed by atoms with van der Waals surface area (Å²) in [5.41, 5.74) is 2.76. The molecule has 4 aromatic rings. The number of carboxylic acid groups (broad SMARTS) is 2. The van der Waals surface area contributed by atoms with E-state index in [0.29, 0.717) is 22.6 Å². The Morgan fingerprint density at radius 2 is 1.39 bits per heavy atom. The van der Waals surface area contributed by atoms with Crippen molar-refractivity contribution in [3.8, 4) is 22.6 Å². The molecule has 0 saturated carbocycles. The maximum Gasteiger partial charge on any atom is 0.335 e. The number of carbonyl (C=O) groups is 2. The zero-order chi connectivity index (χ0) is 19.7. The zero-order valence-electron chi connectivity index (χ0n) is 14.5. The predicted octanol–water partition coefficient (Wildman–Crippen LogP) is 4.36. The molecule has 6 nitrogen and oxygen atoms in total. The molecule has 0 aliphatic carbocycles. The summed E-state index contributed by atoms with van der Waals surface area (Å²) in [7, 11) is 0. The molecule has 2 aromatic heterocycles. The summed E-state index contributed by atoms with van der Waals surface area (Å²) in [5.74, 6) is -2.16. The van der Waals surface area contributed by atoms with E-state index in [1.807, 2.05) is 30.3 Å². The summed E-state index contributed by atoms with van der Waals surface area (Å²) in [6.45, 7) is 0. The van der Waals surface area contributed by atoms with Crippen LogP contribution in [-0.2, 0) is 0 Å². The van der Waals surface area contributed by atoms with Gasteiger partial charge in [0.25, 0.3) is 0 Å². The molecule has 0 atom stereocenters. The molecule has 0 radical (unpaired) electrons. The minimum Gasteiger partial charge on any atom is -0.478 e. The Kier molecular flexibility index (Phi) is 4.29. The Morgan fingerprint density at radius 1 is 0.643 bits per heavy atom. The Balaban J connectivity index is 1.89. The van der Waals surface area contributed by atoms with Crippen LogP contribution in [0.5, 0.6) is 0 Å². The Hall–Kier alpha value is -4.06. The highest BCUT2D eigenvalue weighted by Crippen LogP contribution is 2.26. The molecule has 2 aromatic carbocycles. The maximum atomic E-state index is 11.6. The highest BCUT2D eigenvalue weighted by Gasteiger charge is 2.14. The third-order valence-corrected chi connectivity index (χ3v) is 4.34. The summed E-state index contributed by atoms with van der Waals surface area (Å²) in [6, 6.07) is 20.4. The molecule has 4 rings (SSSR count). The fraction of sp³-hybridized carbons (Fsp3) is 0. The molecule has 0 aliphatic rings. The molecule has 136 valence electrons. The van der Waals surface area contributed by atoms with Crippen LogP contribution in [0.3, 0.4) is 0 Å². The SMILES string of the molecule is O=C(O)c1cccc(-c2cc(C(=O)O)cc(-c3ccc4ccccc4n3)n2)c1. The van der Waals surface area contributed by atoms with E-state index in [9.17, 15) is 19.8 Å². The fourth-order valence-electron chi connectivity index (χ4n) is 2.95. The molecular weight excluding hydrogens is 356 g/mol. The third kappa shape index (κ3) is 3.31. The number of nitrogens with zero attached hydrogens (tertiary/aromatic N) is 2. The number of aromatic carboxylic acids is 2. The van der Waals surface area contributed by atoms with E-state index in [1.165, 1.54) is 24.3 Å². The Morgan fingerprint density at radius 3 is 2.18 bits per heavy atom. The first-order valence-electron chi connectivity index (χ1n) is 8.46. The maximum absolute atomic E-state index is 11.6. The number of hydrogen-bond donors (Lipinski definition) is 2. The summed E-state index contributed by atoms with van der Waals surface area (Å²) in [6.07, 6.45) is 0. The Labute approximate surface area is 159 Å². The molecule has 0 fully saturated rings. The van der Waals surface area contributed by atoms with Gasteiger partial charge < -0.3 is 10.2 Å². The van der Waals surface area contributed by atoms with Crippen LogP contribution in [0.15, 0.2) is 72.8 Å². The van der Waals surface area contributed by atoms with Crippen molar-refractivity contribution in [3.05, 3.63) is 83.9 Å². The zero-order valence-corrected chi connectivity index (χ0v) is 14.5. The molecule has 0 aliphatic heterocycles. The van der Waals surface area contributed by atoms with Crippen LogP contribution in [0, 0.1) is 0 Å². The van der Waals surface area contributed by atoms with Crippen molar-refractivity contribution in [2.45, 2.75) is 0 Å². The number of carboxylic acids is 2. The lowest BCUT2D eigenvalue weighted by molar-refractivity contribution is 0.0686. The number of fused-ring (bicyclic) bond motifs is 1. The van der Waals surface area contributed by atoms with E-state index >= 15 is 0 Å². The van der Waals surface area contributed by atoms with Crippen molar-refractivity contribution in [2.24, 2.45) is 0 Å². The van der Waals surface area contributed by atoms with Crippen molar-refractivity contribution in [1.29, 1.82) is 0 Å². The fourth-order valence-corrected chi connectivity index (χ4v) is 2.95. The van der Waals surface area contributed by atoms with E-state index in [0.717, 1.165) is 10.9 Å². The topological polar surface area (TPSA) is 100 Å². The van der Waals surface area contributed by atoms with Crippen molar-refractivity contribution in [2.75, 3.05) is 0 Å². The number of benzene rings is 2. The van der Waals surface area contributed by atoms with Gasteiger partial charge in [-0.25, -0.2) is 19.6 Å². The molecule has 28 heavy (non-hydrogen) atoms. The Bertz CT molecular complexity index is 1230. The van der Waals surface area contributed by atoms with Gasteiger partial charge in [-0.1, -0.05) is 36.4 Å². The minimum absolute atomic E-state index is 0.0516. The average molecular weight is 370 g/mol. The first kappa shape index (κ1) is 17.4. The van der Waals surface area contributed by atoms with Gasteiger partial charge in [0.2, 0.25) is 0 Å². The molecule has 0 unspecified atom stereocenters. The van der Waals surface area contributed by atoms with Crippen molar-refractivity contribution < 1.29 is 19.8 Å². The van der Waals surface area contributed by atoms with Gasteiger partial charge in [-0.15, -0.1) is 0 Å². The van der Waals surface area contributed by atoms with Crippen LogP contribution in [0.4, 0.5) is 0 Å². The van der Waals surface area contributed by atoms with E-state index < -0.39 is 11.9 Å². The van der Waals surface area contributed by atoms with Gasteiger partial charge >= 0.3 is 11.9 Å². The second kappa shape index (κ2) is 6.92. The van der Waals surface area contributed by atoms with Gasteiger partial charge in [-0.2, -0.15) is 0 Å². The first-order valence-corrected chi connectivity index (χ1v) is 8.46. The monoisotopic (exact) mass is 370 g/mol. The highest BCUT2D eigenvalue weighted by molar-refractivity contribution is 5.92. The highest BCUT2D eigenvalue weighted by atomic mass is 16.4. The molecule has 2 N–H and O–H groups in total. The van der Waals surface area contributed by atoms with E-state index in [2.05, 4.69) is 9.97 Å². The van der Waals surface area contributed by atoms with Gasteiger partial charge in [0.05, 0.1) is 33.7 Å². The summed E-state index contributed by atoms with van der Waals surface area (Å²) in [5, 5.41) is 19.7. The normalized spacial score (nSPS) is 10.7. The van der Waals surface area contributed by atoms with Crippen LogP contribution in [0.2, 0.25) is 0 Å². The van der Waals surface area contributed by atoms with E-state index in [4.69, 9.17) is 0 Å². The quantitative estimate of drug-likeness (QED) is 0.554. The molecule has 0 bridgehead atoms. The van der Waals surface area contributed by atoms with Crippen molar-refractivity contribution in [1.82, 2.24) is 9.97 Å². The van der Waals surface area contributed by atoms with Crippen LogP contribution in [-0.4, -0.2) is 32.1 Å². The van der Waals surface area contributed by atoms with Crippen LogP contribution >= 0.6 is 0 Å². The molecule has 2 heterocycles. The van der Waals surface area contributed by atoms with Gasteiger partial charge in [-0.05, 0) is 36.4 Å². The van der Waals surface area contributed by atoms with Crippen LogP contribution in [0.1, 0.15) is 20.7 Å². The number of hydrogen-bond acceptors (Lipinski definition) is 4. The van der Waals surface area contributed by atoms with Crippen LogP contribution < -0.4 is 0 Å². The minimum atomic E-state index is -1.10.